The normalized spacial score (nSPS) is 22.0. The van der Waals surface area contributed by atoms with Crippen LogP contribution in [0.4, 0.5) is 0 Å². The average molecular weight is 270 g/mol. The zero-order valence-electron chi connectivity index (χ0n) is 10.6. The molecule has 1 unspecified atom stereocenters. The smallest absolute Gasteiger partial charge is 0.262 e. The molecule has 1 atom stereocenters. The Morgan fingerprint density at radius 2 is 2.17 bits per heavy atom. The third-order valence-corrected chi connectivity index (χ3v) is 4.93. The van der Waals surface area contributed by atoms with Gasteiger partial charge in [-0.1, -0.05) is 0 Å². The van der Waals surface area contributed by atoms with E-state index in [1.807, 2.05) is 7.05 Å². The Hall–Kier alpha value is -1.05. The molecule has 0 bridgehead atoms. The monoisotopic (exact) mass is 270 g/mol. The summed E-state index contributed by atoms with van der Waals surface area (Å²) < 4.78 is 26.2. The number of piperidine rings is 1. The molecule has 1 aliphatic heterocycles. The SMILES string of the molecule is CNC1CCCN(S(=O)(=O)c2ccc(C)nn2)C1. The zero-order chi connectivity index (χ0) is 13.2. The first-order valence-corrected chi connectivity index (χ1v) is 7.46. The third kappa shape index (κ3) is 2.68. The van der Waals surface area contributed by atoms with E-state index in [-0.39, 0.29) is 11.1 Å². The lowest BCUT2D eigenvalue weighted by Gasteiger charge is -2.31. The molecule has 1 N–H and O–H groups in total. The molecule has 0 radical (unpaired) electrons. The summed E-state index contributed by atoms with van der Waals surface area (Å²) in [6, 6.07) is 3.40. The third-order valence-electron chi connectivity index (χ3n) is 3.17. The van der Waals surface area contributed by atoms with Gasteiger partial charge in [-0.05, 0) is 38.9 Å². The van der Waals surface area contributed by atoms with E-state index in [1.54, 1.807) is 13.0 Å². The van der Waals surface area contributed by atoms with Crippen molar-refractivity contribution in [2.24, 2.45) is 0 Å². The predicted molar refractivity (Wildman–Crippen MR) is 67.6 cm³/mol. The maximum absolute atomic E-state index is 12.4. The Labute approximate surface area is 107 Å². The van der Waals surface area contributed by atoms with E-state index < -0.39 is 10.0 Å². The van der Waals surface area contributed by atoms with Crippen molar-refractivity contribution in [3.8, 4) is 0 Å². The Morgan fingerprint density at radius 1 is 1.39 bits per heavy atom. The van der Waals surface area contributed by atoms with Gasteiger partial charge in [-0.25, -0.2) is 8.42 Å². The standard InChI is InChI=1S/C11H18N4O2S/c1-9-5-6-11(14-13-9)18(16,17)15-7-3-4-10(8-15)12-2/h5-6,10,12H,3-4,7-8H2,1-2H3. The maximum Gasteiger partial charge on any atom is 0.262 e. The fourth-order valence-corrected chi connectivity index (χ4v) is 3.45. The van der Waals surface area contributed by atoms with Crippen LogP contribution in [0, 0.1) is 6.92 Å². The van der Waals surface area contributed by atoms with Gasteiger partial charge in [0.1, 0.15) is 0 Å². The fraction of sp³-hybridized carbons (Fsp3) is 0.636. The Kier molecular flexibility index (Phi) is 3.94. The van der Waals surface area contributed by atoms with Gasteiger partial charge < -0.3 is 5.32 Å². The summed E-state index contributed by atoms with van der Waals surface area (Å²) in [6.07, 6.45) is 1.87. The van der Waals surface area contributed by atoms with Crippen LogP contribution in [-0.2, 0) is 10.0 Å². The fourth-order valence-electron chi connectivity index (χ4n) is 2.05. The van der Waals surface area contributed by atoms with E-state index in [1.165, 1.54) is 10.4 Å². The highest BCUT2D eigenvalue weighted by molar-refractivity contribution is 7.89. The lowest BCUT2D eigenvalue weighted by Crippen LogP contribution is -2.47. The molecule has 1 aliphatic rings. The Balaban J connectivity index is 2.22. The number of rotatable bonds is 3. The minimum Gasteiger partial charge on any atom is -0.316 e. The van der Waals surface area contributed by atoms with Crippen LogP contribution in [-0.4, -0.2) is 49.1 Å². The van der Waals surface area contributed by atoms with Crippen LogP contribution in [0.3, 0.4) is 0 Å². The molecule has 1 fully saturated rings. The van der Waals surface area contributed by atoms with Crippen LogP contribution in [0.25, 0.3) is 0 Å². The van der Waals surface area contributed by atoms with Gasteiger partial charge in [0.25, 0.3) is 10.0 Å². The van der Waals surface area contributed by atoms with Crippen molar-refractivity contribution in [1.82, 2.24) is 19.8 Å². The number of hydrogen-bond donors (Lipinski definition) is 1. The van der Waals surface area contributed by atoms with Crippen molar-refractivity contribution >= 4 is 10.0 Å². The van der Waals surface area contributed by atoms with Crippen LogP contribution in [0.1, 0.15) is 18.5 Å². The van der Waals surface area contributed by atoms with Crippen molar-refractivity contribution in [3.05, 3.63) is 17.8 Å². The first-order valence-electron chi connectivity index (χ1n) is 6.02. The molecule has 0 aromatic carbocycles. The highest BCUT2D eigenvalue weighted by Gasteiger charge is 2.30. The van der Waals surface area contributed by atoms with Crippen molar-refractivity contribution in [3.63, 3.8) is 0 Å². The van der Waals surface area contributed by atoms with Crippen LogP contribution in [0.15, 0.2) is 17.2 Å². The summed E-state index contributed by atoms with van der Waals surface area (Å²) in [6.45, 7) is 2.83. The lowest BCUT2D eigenvalue weighted by molar-refractivity contribution is 0.292. The number of aryl methyl sites for hydroxylation is 1. The molecule has 1 aromatic heterocycles. The summed E-state index contributed by atoms with van der Waals surface area (Å²) in [4.78, 5) is 0. The van der Waals surface area contributed by atoms with Crippen LogP contribution in [0.2, 0.25) is 0 Å². The molecular weight excluding hydrogens is 252 g/mol. The second-order valence-electron chi connectivity index (χ2n) is 4.50. The van der Waals surface area contributed by atoms with Gasteiger partial charge in [-0.3, -0.25) is 0 Å². The van der Waals surface area contributed by atoms with Gasteiger partial charge in [0, 0.05) is 19.1 Å². The molecule has 1 saturated heterocycles. The molecule has 18 heavy (non-hydrogen) atoms. The second kappa shape index (κ2) is 5.29. The number of aromatic nitrogens is 2. The largest absolute Gasteiger partial charge is 0.316 e. The molecule has 0 amide bonds. The molecule has 6 nitrogen and oxygen atoms in total. The number of likely N-dealkylation sites (N-methyl/N-ethyl adjacent to an activating group) is 1. The molecule has 2 heterocycles. The molecule has 100 valence electrons. The van der Waals surface area contributed by atoms with E-state index >= 15 is 0 Å². The van der Waals surface area contributed by atoms with E-state index in [0.29, 0.717) is 18.8 Å². The summed E-state index contributed by atoms with van der Waals surface area (Å²) in [5.41, 5.74) is 0.709. The summed E-state index contributed by atoms with van der Waals surface area (Å²) in [7, 11) is -1.65. The predicted octanol–water partition coefficient (Wildman–Crippen LogP) is 0.158. The van der Waals surface area contributed by atoms with Crippen LogP contribution >= 0.6 is 0 Å². The molecular formula is C11H18N4O2S. The average Bonchev–Trinajstić information content (AvgIpc) is 2.39. The summed E-state index contributed by atoms with van der Waals surface area (Å²) >= 11 is 0. The molecule has 1 aromatic rings. The highest BCUT2D eigenvalue weighted by Crippen LogP contribution is 2.18. The molecule has 7 heteroatoms. The van der Waals surface area contributed by atoms with Crippen molar-refractivity contribution in [2.75, 3.05) is 20.1 Å². The van der Waals surface area contributed by atoms with Gasteiger partial charge in [-0.2, -0.15) is 9.40 Å². The van der Waals surface area contributed by atoms with Crippen LogP contribution < -0.4 is 5.32 Å². The van der Waals surface area contributed by atoms with E-state index in [4.69, 9.17) is 0 Å². The molecule has 2 rings (SSSR count). The summed E-state index contributed by atoms with van der Waals surface area (Å²) in [5, 5.41) is 10.7. The topological polar surface area (TPSA) is 75.2 Å². The van der Waals surface area contributed by atoms with Gasteiger partial charge in [-0.15, -0.1) is 5.10 Å². The first kappa shape index (κ1) is 13.4. The molecule has 0 spiro atoms. The zero-order valence-corrected chi connectivity index (χ0v) is 11.4. The second-order valence-corrected chi connectivity index (χ2v) is 6.39. The number of nitrogens with zero attached hydrogens (tertiary/aromatic N) is 3. The van der Waals surface area contributed by atoms with Crippen LogP contribution in [0.5, 0.6) is 0 Å². The van der Waals surface area contributed by atoms with E-state index in [2.05, 4.69) is 15.5 Å². The summed E-state index contributed by atoms with van der Waals surface area (Å²) in [5.74, 6) is 0. The lowest BCUT2D eigenvalue weighted by atomic mass is 10.1. The van der Waals surface area contributed by atoms with Gasteiger partial charge in [0.05, 0.1) is 5.69 Å². The first-order chi connectivity index (χ1) is 8.54. The Morgan fingerprint density at radius 3 is 2.78 bits per heavy atom. The van der Waals surface area contributed by atoms with Gasteiger partial charge in [0.15, 0.2) is 5.03 Å². The van der Waals surface area contributed by atoms with Gasteiger partial charge >= 0.3 is 0 Å². The number of hydrogen-bond acceptors (Lipinski definition) is 5. The van der Waals surface area contributed by atoms with E-state index in [9.17, 15) is 8.42 Å². The minimum absolute atomic E-state index is 0.0323. The highest BCUT2D eigenvalue weighted by atomic mass is 32.2. The number of nitrogens with one attached hydrogen (secondary N) is 1. The quantitative estimate of drug-likeness (QED) is 0.846. The minimum atomic E-state index is -3.50. The van der Waals surface area contributed by atoms with Gasteiger partial charge in [0.2, 0.25) is 0 Å². The molecule has 0 aliphatic carbocycles. The maximum atomic E-state index is 12.4. The van der Waals surface area contributed by atoms with E-state index in [0.717, 1.165) is 12.8 Å². The van der Waals surface area contributed by atoms with Crippen molar-refractivity contribution in [2.45, 2.75) is 30.8 Å². The molecule has 0 saturated carbocycles. The number of sulfonamides is 1. The van der Waals surface area contributed by atoms with Crippen molar-refractivity contribution < 1.29 is 8.42 Å². The van der Waals surface area contributed by atoms with Crippen molar-refractivity contribution in [1.29, 1.82) is 0 Å². The Bertz CT molecular complexity index is 500.